The Kier molecular flexibility index (Phi) is 4.54. The Morgan fingerprint density at radius 1 is 1.38 bits per heavy atom. The number of nitrogens with zero attached hydrogens (tertiary/aromatic N) is 1. The van der Waals surface area contributed by atoms with Gasteiger partial charge in [0.2, 0.25) is 5.78 Å². The van der Waals surface area contributed by atoms with Gasteiger partial charge in [-0.15, -0.1) is 0 Å². The standard InChI is InChI=1S/C18H20ClNO4/c1-10(2)24-18(22)13-5-4-6-20-14(13)7-11(3)16(20)17(21)15-8-12(19)9-23-15/h7-10,13H,4-6H2,1-3H3. The van der Waals surface area contributed by atoms with E-state index in [4.69, 9.17) is 20.8 Å². The Balaban J connectivity index is 1.98. The predicted octanol–water partition coefficient (Wildman–Crippen LogP) is 4.10. The summed E-state index contributed by atoms with van der Waals surface area (Å²) in [5, 5.41) is 0.389. The third-order valence-electron chi connectivity index (χ3n) is 4.19. The quantitative estimate of drug-likeness (QED) is 0.615. The first-order valence-corrected chi connectivity index (χ1v) is 8.45. The monoisotopic (exact) mass is 349 g/mol. The van der Waals surface area contributed by atoms with Crippen LogP contribution in [0.1, 0.15) is 60.1 Å². The normalized spacial score (nSPS) is 17.0. The summed E-state index contributed by atoms with van der Waals surface area (Å²) < 4.78 is 12.5. The highest BCUT2D eigenvalue weighted by atomic mass is 35.5. The first kappa shape index (κ1) is 16.8. The Hall–Kier alpha value is -2.01. The summed E-state index contributed by atoms with van der Waals surface area (Å²) in [6.45, 7) is 6.24. The van der Waals surface area contributed by atoms with Gasteiger partial charge in [0.05, 0.1) is 22.7 Å². The van der Waals surface area contributed by atoms with Crippen molar-refractivity contribution in [1.82, 2.24) is 4.57 Å². The molecule has 0 fully saturated rings. The molecule has 1 atom stereocenters. The van der Waals surface area contributed by atoms with Crippen LogP contribution in [0.15, 0.2) is 22.8 Å². The number of ether oxygens (including phenoxy) is 1. The molecule has 0 radical (unpaired) electrons. The average Bonchev–Trinajstić information content (AvgIpc) is 3.08. The van der Waals surface area contributed by atoms with Crippen LogP contribution in [0.4, 0.5) is 0 Å². The van der Waals surface area contributed by atoms with E-state index in [1.54, 1.807) is 0 Å². The number of hydrogen-bond acceptors (Lipinski definition) is 4. The number of rotatable bonds is 4. The molecule has 2 aromatic rings. The van der Waals surface area contributed by atoms with Gasteiger partial charge in [-0.2, -0.15) is 0 Å². The lowest BCUT2D eigenvalue weighted by molar-refractivity contribution is -0.149. The minimum atomic E-state index is -0.332. The van der Waals surface area contributed by atoms with Crippen LogP contribution < -0.4 is 0 Å². The molecule has 0 N–H and O–H groups in total. The van der Waals surface area contributed by atoms with E-state index in [1.165, 1.54) is 12.3 Å². The van der Waals surface area contributed by atoms with Gasteiger partial charge in [-0.05, 0) is 45.2 Å². The molecule has 2 aromatic heterocycles. The van der Waals surface area contributed by atoms with Crippen LogP contribution in [-0.4, -0.2) is 22.4 Å². The summed E-state index contributed by atoms with van der Waals surface area (Å²) in [6.07, 6.45) is 2.73. The maximum Gasteiger partial charge on any atom is 0.315 e. The number of furan rings is 1. The molecule has 3 rings (SSSR count). The Morgan fingerprint density at radius 2 is 2.12 bits per heavy atom. The van der Waals surface area contributed by atoms with Gasteiger partial charge in [0.25, 0.3) is 0 Å². The number of aromatic nitrogens is 1. The van der Waals surface area contributed by atoms with Gasteiger partial charge in [0.1, 0.15) is 6.26 Å². The second-order valence-electron chi connectivity index (χ2n) is 6.39. The van der Waals surface area contributed by atoms with Gasteiger partial charge < -0.3 is 13.7 Å². The van der Waals surface area contributed by atoms with E-state index in [0.29, 0.717) is 17.3 Å². The zero-order chi connectivity index (χ0) is 17.4. The summed E-state index contributed by atoms with van der Waals surface area (Å²) in [7, 11) is 0. The molecule has 128 valence electrons. The van der Waals surface area contributed by atoms with Crippen molar-refractivity contribution in [3.63, 3.8) is 0 Å². The van der Waals surface area contributed by atoms with Crippen molar-refractivity contribution in [2.45, 2.75) is 52.2 Å². The minimum absolute atomic E-state index is 0.157. The highest BCUT2D eigenvalue weighted by molar-refractivity contribution is 6.31. The molecule has 5 nitrogen and oxygen atoms in total. The fourth-order valence-corrected chi connectivity index (χ4v) is 3.39. The molecule has 3 heterocycles. The largest absolute Gasteiger partial charge is 0.462 e. The first-order valence-electron chi connectivity index (χ1n) is 8.07. The smallest absolute Gasteiger partial charge is 0.315 e. The number of hydrogen-bond donors (Lipinski definition) is 0. The summed E-state index contributed by atoms with van der Waals surface area (Å²) in [5.74, 6) is -0.579. The lowest BCUT2D eigenvalue weighted by Crippen LogP contribution is -2.27. The van der Waals surface area contributed by atoms with E-state index < -0.39 is 0 Å². The average molecular weight is 350 g/mol. The zero-order valence-electron chi connectivity index (χ0n) is 14.0. The number of carbonyl (C=O) groups is 2. The fourth-order valence-electron chi connectivity index (χ4n) is 3.24. The van der Waals surface area contributed by atoms with E-state index in [-0.39, 0.29) is 29.5 Å². The topological polar surface area (TPSA) is 61.4 Å². The molecule has 0 aliphatic carbocycles. The lowest BCUT2D eigenvalue weighted by atomic mass is 9.96. The Morgan fingerprint density at radius 3 is 2.75 bits per heavy atom. The summed E-state index contributed by atoms with van der Waals surface area (Å²) >= 11 is 5.85. The first-order chi connectivity index (χ1) is 11.4. The molecule has 1 unspecified atom stereocenters. The molecule has 0 saturated carbocycles. The van der Waals surface area contributed by atoms with Gasteiger partial charge >= 0.3 is 5.97 Å². The molecule has 1 aliphatic heterocycles. The van der Waals surface area contributed by atoms with Gasteiger partial charge in [-0.3, -0.25) is 9.59 Å². The Bertz CT molecular complexity index is 787. The predicted molar refractivity (Wildman–Crippen MR) is 89.5 cm³/mol. The lowest BCUT2D eigenvalue weighted by Gasteiger charge is -2.25. The highest BCUT2D eigenvalue weighted by Crippen LogP contribution is 2.34. The van der Waals surface area contributed by atoms with E-state index in [1.807, 2.05) is 31.4 Å². The van der Waals surface area contributed by atoms with Gasteiger partial charge in [0.15, 0.2) is 5.76 Å². The zero-order valence-corrected chi connectivity index (χ0v) is 14.7. The van der Waals surface area contributed by atoms with Crippen LogP contribution in [0.25, 0.3) is 0 Å². The summed E-state index contributed by atoms with van der Waals surface area (Å²) in [4.78, 5) is 25.2. The van der Waals surface area contributed by atoms with E-state index >= 15 is 0 Å². The second kappa shape index (κ2) is 6.48. The minimum Gasteiger partial charge on any atom is -0.462 e. The fraction of sp³-hybridized carbons (Fsp3) is 0.444. The van der Waals surface area contributed by atoms with Gasteiger partial charge in [0, 0.05) is 18.3 Å². The molecule has 6 heteroatoms. The number of aryl methyl sites for hydroxylation is 1. The Labute approximate surface area is 145 Å². The molecule has 0 bridgehead atoms. The molecular weight excluding hydrogens is 330 g/mol. The van der Waals surface area contributed by atoms with Crippen molar-refractivity contribution in [3.05, 3.63) is 46.1 Å². The number of carbonyl (C=O) groups excluding carboxylic acids is 2. The molecule has 0 saturated heterocycles. The maximum atomic E-state index is 12.8. The molecule has 0 aromatic carbocycles. The number of halogens is 1. The number of ketones is 1. The third-order valence-corrected chi connectivity index (χ3v) is 4.39. The maximum absolute atomic E-state index is 12.8. The van der Waals surface area contributed by atoms with Crippen LogP contribution >= 0.6 is 11.6 Å². The van der Waals surface area contributed by atoms with Crippen LogP contribution in [-0.2, 0) is 16.1 Å². The van der Waals surface area contributed by atoms with E-state index in [9.17, 15) is 9.59 Å². The van der Waals surface area contributed by atoms with Gasteiger partial charge in [-0.1, -0.05) is 11.6 Å². The van der Waals surface area contributed by atoms with E-state index in [2.05, 4.69) is 0 Å². The second-order valence-corrected chi connectivity index (χ2v) is 6.83. The molecule has 0 spiro atoms. The van der Waals surface area contributed by atoms with Crippen molar-refractivity contribution in [3.8, 4) is 0 Å². The van der Waals surface area contributed by atoms with Crippen molar-refractivity contribution in [2.75, 3.05) is 0 Å². The molecule has 24 heavy (non-hydrogen) atoms. The number of esters is 1. The summed E-state index contributed by atoms with van der Waals surface area (Å²) in [6, 6.07) is 3.42. The highest BCUT2D eigenvalue weighted by Gasteiger charge is 2.33. The number of fused-ring (bicyclic) bond motifs is 1. The molecule has 0 amide bonds. The SMILES string of the molecule is Cc1cc2n(c1C(=O)c1cc(Cl)co1)CCCC2C(=O)OC(C)C. The molecule has 1 aliphatic rings. The van der Waals surface area contributed by atoms with E-state index in [0.717, 1.165) is 24.1 Å². The molecular formula is C18H20ClNO4. The van der Waals surface area contributed by atoms with Gasteiger partial charge in [-0.25, -0.2) is 0 Å². The van der Waals surface area contributed by atoms with Crippen molar-refractivity contribution < 1.29 is 18.7 Å². The van der Waals surface area contributed by atoms with Crippen LogP contribution in [0.3, 0.4) is 0 Å². The third kappa shape index (κ3) is 3.00. The van der Waals surface area contributed by atoms with Crippen LogP contribution in [0, 0.1) is 6.92 Å². The van der Waals surface area contributed by atoms with Crippen molar-refractivity contribution in [2.24, 2.45) is 0 Å². The van der Waals surface area contributed by atoms with Crippen LogP contribution in [0.5, 0.6) is 0 Å². The summed E-state index contributed by atoms with van der Waals surface area (Å²) in [5.41, 5.74) is 2.22. The van der Waals surface area contributed by atoms with Crippen LogP contribution in [0.2, 0.25) is 5.02 Å². The van der Waals surface area contributed by atoms with Crippen molar-refractivity contribution >= 4 is 23.4 Å². The van der Waals surface area contributed by atoms with Crippen molar-refractivity contribution in [1.29, 1.82) is 0 Å².